The van der Waals surface area contributed by atoms with Crippen molar-refractivity contribution in [3.05, 3.63) is 0 Å². The topological polar surface area (TPSA) is 23.5 Å². The van der Waals surface area contributed by atoms with Crippen molar-refractivity contribution in [2.75, 3.05) is 13.2 Å². The third-order valence-electron chi connectivity index (χ3n) is 3.99. The van der Waals surface area contributed by atoms with Crippen LogP contribution in [0.25, 0.3) is 0 Å². The van der Waals surface area contributed by atoms with Gasteiger partial charge in [-0.2, -0.15) is 0 Å². The highest BCUT2D eigenvalue weighted by atomic mass is 16.3. The Balaban J connectivity index is 1.93. The largest absolute Gasteiger partial charge is 0.396 e. The molecule has 13 heavy (non-hydrogen) atoms. The molecule has 0 radical (unpaired) electrons. The van der Waals surface area contributed by atoms with Gasteiger partial charge >= 0.3 is 0 Å². The van der Waals surface area contributed by atoms with E-state index in [9.17, 15) is 5.11 Å². The Labute approximate surface area is 80.9 Å². The van der Waals surface area contributed by atoms with E-state index in [-0.39, 0.29) is 0 Å². The smallest absolute Gasteiger partial charge is 0.0474 e. The van der Waals surface area contributed by atoms with Gasteiger partial charge in [0.05, 0.1) is 0 Å². The molecule has 0 amide bonds. The molecule has 1 N–H and O–H groups in total. The second kappa shape index (κ2) is 3.97. The maximum Gasteiger partial charge on any atom is 0.0474 e. The molecule has 2 aliphatic rings. The van der Waals surface area contributed by atoms with Gasteiger partial charge in [-0.3, -0.25) is 4.90 Å². The molecule has 0 spiro atoms. The molecule has 2 fully saturated rings. The molecular formula is C11H21NO. The number of likely N-dealkylation sites (tertiary alicyclic amines) is 1. The SMILES string of the molecule is CC1C(CO)CCN1C1CCCC1. The Morgan fingerprint density at radius 2 is 1.92 bits per heavy atom. The Morgan fingerprint density at radius 3 is 2.46 bits per heavy atom. The molecule has 1 saturated heterocycles. The first-order chi connectivity index (χ1) is 6.33. The minimum absolute atomic E-state index is 0.379. The summed E-state index contributed by atoms with van der Waals surface area (Å²) in [5.74, 6) is 0.542. The van der Waals surface area contributed by atoms with Gasteiger partial charge in [0.15, 0.2) is 0 Å². The molecule has 1 heterocycles. The van der Waals surface area contributed by atoms with Crippen molar-refractivity contribution in [2.45, 2.75) is 51.1 Å². The first-order valence-corrected chi connectivity index (χ1v) is 5.69. The van der Waals surface area contributed by atoms with Gasteiger partial charge in [0.25, 0.3) is 0 Å². The van der Waals surface area contributed by atoms with Crippen LogP contribution in [0.1, 0.15) is 39.0 Å². The number of rotatable bonds is 2. The summed E-state index contributed by atoms with van der Waals surface area (Å²) in [7, 11) is 0. The standard InChI is InChI=1S/C11H21NO/c1-9-10(8-13)6-7-12(9)11-4-2-3-5-11/h9-11,13H,2-8H2,1H3. The number of aliphatic hydroxyl groups excluding tert-OH is 1. The van der Waals surface area contributed by atoms with Crippen molar-refractivity contribution >= 4 is 0 Å². The molecule has 2 unspecified atom stereocenters. The molecule has 2 heteroatoms. The highest BCUT2D eigenvalue weighted by Gasteiger charge is 2.35. The minimum Gasteiger partial charge on any atom is -0.396 e. The summed E-state index contributed by atoms with van der Waals surface area (Å²) in [5.41, 5.74) is 0. The maximum atomic E-state index is 9.17. The van der Waals surface area contributed by atoms with E-state index in [1.54, 1.807) is 0 Å². The van der Waals surface area contributed by atoms with E-state index in [4.69, 9.17) is 0 Å². The summed E-state index contributed by atoms with van der Waals surface area (Å²) in [6, 6.07) is 1.46. The quantitative estimate of drug-likeness (QED) is 0.703. The highest BCUT2D eigenvalue weighted by molar-refractivity contribution is 4.89. The van der Waals surface area contributed by atoms with Crippen molar-refractivity contribution in [1.82, 2.24) is 4.90 Å². The molecule has 0 aromatic heterocycles. The van der Waals surface area contributed by atoms with Crippen LogP contribution in [0.3, 0.4) is 0 Å². The Bertz CT molecular complexity index is 165. The van der Waals surface area contributed by atoms with Crippen molar-refractivity contribution in [1.29, 1.82) is 0 Å². The van der Waals surface area contributed by atoms with Gasteiger partial charge < -0.3 is 5.11 Å². The lowest BCUT2D eigenvalue weighted by molar-refractivity contribution is 0.143. The normalized spacial score (nSPS) is 37.4. The molecule has 2 nitrogen and oxygen atoms in total. The average molecular weight is 183 g/mol. The van der Waals surface area contributed by atoms with Crippen LogP contribution in [0.15, 0.2) is 0 Å². The molecule has 0 aromatic carbocycles. The third kappa shape index (κ3) is 1.75. The van der Waals surface area contributed by atoms with Crippen LogP contribution in [-0.2, 0) is 0 Å². The van der Waals surface area contributed by atoms with Crippen LogP contribution in [0.2, 0.25) is 0 Å². The summed E-state index contributed by atoms with van der Waals surface area (Å²) in [4.78, 5) is 2.63. The van der Waals surface area contributed by atoms with Crippen molar-refractivity contribution in [3.8, 4) is 0 Å². The second-order valence-corrected chi connectivity index (χ2v) is 4.65. The van der Waals surface area contributed by atoms with Gasteiger partial charge in [-0.1, -0.05) is 12.8 Å². The van der Waals surface area contributed by atoms with Crippen LogP contribution in [0.4, 0.5) is 0 Å². The van der Waals surface area contributed by atoms with Crippen LogP contribution in [-0.4, -0.2) is 35.2 Å². The van der Waals surface area contributed by atoms with Crippen LogP contribution >= 0.6 is 0 Å². The van der Waals surface area contributed by atoms with Gasteiger partial charge in [0.1, 0.15) is 0 Å². The fourth-order valence-corrected chi connectivity index (χ4v) is 3.03. The summed E-state index contributed by atoms with van der Waals surface area (Å²) in [5, 5.41) is 9.17. The fourth-order valence-electron chi connectivity index (χ4n) is 3.03. The van der Waals surface area contributed by atoms with Crippen LogP contribution in [0.5, 0.6) is 0 Å². The molecule has 1 saturated carbocycles. The van der Waals surface area contributed by atoms with Gasteiger partial charge in [-0.05, 0) is 38.6 Å². The van der Waals surface area contributed by atoms with E-state index in [1.807, 2.05) is 0 Å². The predicted octanol–water partition coefficient (Wildman–Crippen LogP) is 1.63. The van der Waals surface area contributed by atoms with E-state index in [0.717, 1.165) is 6.04 Å². The monoisotopic (exact) mass is 183 g/mol. The lowest BCUT2D eigenvalue weighted by Crippen LogP contribution is -2.38. The number of hydrogen-bond donors (Lipinski definition) is 1. The van der Waals surface area contributed by atoms with Crippen LogP contribution < -0.4 is 0 Å². The highest BCUT2D eigenvalue weighted by Crippen LogP contribution is 2.32. The fraction of sp³-hybridized carbons (Fsp3) is 1.00. The third-order valence-corrected chi connectivity index (χ3v) is 3.99. The van der Waals surface area contributed by atoms with Gasteiger partial charge in [0.2, 0.25) is 0 Å². The first-order valence-electron chi connectivity index (χ1n) is 5.69. The van der Waals surface area contributed by atoms with E-state index < -0.39 is 0 Å². The summed E-state index contributed by atoms with van der Waals surface area (Å²) in [6.07, 6.45) is 6.81. The van der Waals surface area contributed by atoms with Gasteiger partial charge in [-0.25, -0.2) is 0 Å². The Kier molecular flexibility index (Phi) is 2.89. The number of aliphatic hydroxyl groups is 1. The van der Waals surface area contributed by atoms with Crippen molar-refractivity contribution in [3.63, 3.8) is 0 Å². The van der Waals surface area contributed by atoms with Crippen molar-refractivity contribution < 1.29 is 5.11 Å². The predicted molar refractivity (Wildman–Crippen MR) is 53.6 cm³/mol. The Morgan fingerprint density at radius 1 is 1.23 bits per heavy atom. The summed E-state index contributed by atoms with van der Waals surface area (Å²) < 4.78 is 0. The average Bonchev–Trinajstić information content (AvgIpc) is 2.72. The molecule has 1 aliphatic carbocycles. The lowest BCUT2D eigenvalue weighted by atomic mass is 10.0. The van der Waals surface area contributed by atoms with Gasteiger partial charge in [-0.15, -0.1) is 0 Å². The van der Waals surface area contributed by atoms with E-state index in [2.05, 4.69) is 11.8 Å². The molecule has 0 aromatic rings. The van der Waals surface area contributed by atoms with Gasteiger partial charge in [0, 0.05) is 18.7 Å². The zero-order valence-corrected chi connectivity index (χ0v) is 8.58. The number of hydrogen-bond acceptors (Lipinski definition) is 2. The van der Waals surface area contributed by atoms with E-state index in [1.165, 1.54) is 38.6 Å². The maximum absolute atomic E-state index is 9.17. The molecule has 2 atom stereocenters. The minimum atomic E-state index is 0.379. The van der Waals surface area contributed by atoms with E-state index in [0.29, 0.717) is 18.6 Å². The first kappa shape index (κ1) is 9.47. The second-order valence-electron chi connectivity index (χ2n) is 4.65. The summed E-state index contributed by atoms with van der Waals surface area (Å²) >= 11 is 0. The molecular weight excluding hydrogens is 162 g/mol. The molecule has 76 valence electrons. The lowest BCUT2D eigenvalue weighted by Gasteiger charge is -2.29. The van der Waals surface area contributed by atoms with Crippen molar-refractivity contribution in [2.24, 2.45) is 5.92 Å². The summed E-state index contributed by atoms with van der Waals surface area (Å²) in [6.45, 7) is 3.88. The zero-order valence-electron chi connectivity index (χ0n) is 8.58. The molecule has 1 aliphatic heterocycles. The number of nitrogens with zero attached hydrogens (tertiary/aromatic N) is 1. The zero-order chi connectivity index (χ0) is 9.26. The molecule has 2 rings (SSSR count). The van der Waals surface area contributed by atoms with Crippen LogP contribution in [0, 0.1) is 5.92 Å². The Hall–Kier alpha value is -0.0800. The molecule has 0 bridgehead atoms. The van der Waals surface area contributed by atoms with E-state index >= 15 is 0 Å².